The molecular weight excluding hydrogens is 637 g/mol. The SMILES string of the molecule is O=C(O)Cc1cccc(NC(=O)CCN2C(=O)/C(=C/c3ccc(OCCN4CCOCC4)c(-c4ccc(F)c(F)c4)c3)SC2=S)c1. The summed E-state index contributed by atoms with van der Waals surface area (Å²) < 4.78 is 39.7. The molecule has 2 heterocycles. The molecule has 0 aromatic heterocycles. The van der Waals surface area contributed by atoms with Crippen molar-refractivity contribution < 1.29 is 37.7 Å². The molecule has 9 nitrogen and oxygen atoms in total. The molecule has 2 aliphatic heterocycles. The molecule has 0 bridgehead atoms. The molecule has 2 N–H and O–H groups in total. The summed E-state index contributed by atoms with van der Waals surface area (Å²) in [7, 11) is 0. The van der Waals surface area contributed by atoms with Crippen molar-refractivity contribution in [3.8, 4) is 16.9 Å². The summed E-state index contributed by atoms with van der Waals surface area (Å²) >= 11 is 6.54. The third kappa shape index (κ3) is 8.75. The highest BCUT2D eigenvalue weighted by Crippen LogP contribution is 2.36. The number of carbonyl (C=O) groups excluding carboxylic acids is 2. The Morgan fingerprint density at radius 1 is 1.04 bits per heavy atom. The van der Waals surface area contributed by atoms with E-state index in [0.717, 1.165) is 37.0 Å². The number of carboxylic acids is 1. The summed E-state index contributed by atoms with van der Waals surface area (Å²) in [6, 6.07) is 15.4. The van der Waals surface area contributed by atoms with Gasteiger partial charge in [0.25, 0.3) is 5.91 Å². The lowest BCUT2D eigenvalue weighted by molar-refractivity contribution is -0.136. The number of rotatable bonds is 12. The number of thioether (sulfide) groups is 1. The second kappa shape index (κ2) is 15.4. The minimum absolute atomic E-state index is 0.0281. The molecule has 13 heteroatoms. The fourth-order valence-corrected chi connectivity index (χ4v) is 6.29. The van der Waals surface area contributed by atoms with Gasteiger partial charge in [-0.1, -0.05) is 48.2 Å². The molecule has 0 spiro atoms. The molecule has 0 unspecified atom stereocenters. The zero-order chi connectivity index (χ0) is 32.6. The summed E-state index contributed by atoms with van der Waals surface area (Å²) in [4.78, 5) is 40.8. The number of carboxylic acid groups (broad SMARTS) is 1. The molecular formula is C33H31F2N3O6S2. The van der Waals surface area contributed by atoms with Crippen molar-refractivity contribution in [3.63, 3.8) is 0 Å². The van der Waals surface area contributed by atoms with Crippen molar-refractivity contribution in [1.29, 1.82) is 0 Å². The normalized spacial score (nSPS) is 16.2. The smallest absolute Gasteiger partial charge is 0.307 e. The van der Waals surface area contributed by atoms with Gasteiger partial charge in [0.1, 0.15) is 16.7 Å². The van der Waals surface area contributed by atoms with Crippen molar-refractivity contribution in [3.05, 3.63) is 88.3 Å². The number of hydrogen-bond acceptors (Lipinski definition) is 8. The summed E-state index contributed by atoms with van der Waals surface area (Å²) in [6.45, 7) is 4.07. The Kier molecular flexibility index (Phi) is 11.1. The van der Waals surface area contributed by atoms with Gasteiger partial charge in [-0.2, -0.15) is 0 Å². The minimum atomic E-state index is -0.986. The molecule has 2 saturated heterocycles. The van der Waals surface area contributed by atoms with Crippen molar-refractivity contribution in [2.45, 2.75) is 12.8 Å². The molecule has 0 aliphatic carbocycles. The lowest BCUT2D eigenvalue weighted by Crippen LogP contribution is -2.38. The van der Waals surface area contributed by atoms with Gasteiger partial charge in [0, 0.05) is 43.9 Å². The van der Waals surface area contributed by atoms with Gasteiger partial charge < -0.3 is 19.9 Å². The Hall–Kier alpha value is -4.17. The highest BCUT2D eigenvalue weighted by Gasteiger charge is 2.32. The maximum atomic E-state index is 14.2. The number of morpholine rings is 1. The van der Waals surface area contributed by atoms with Crippen molar-refractivity contribution in [1.82, 2.24) is 9.80 Å². The van der Waals surface area contributed by atoms with Gasteiger partial charge in [0.15, 0.2) is 11.6 Å². The third-order valence-electron chi connectivity index (χ3n) is 7.30. The van der Waals surface area contributed by atoms with Crippen LogP contribution in [0, 0.1) is 11.6 Å². The average Bonchev–Trinajstić information content (AvgIpc) is 3.29. The molecule has 0 saturated carbocycles. The Morgan fingerprint density at radius 2 is 1.85 bits per heavy atom. The summed E-state index contributed by atoms with van der Waals surface area (Å²) in [6.07, 6.45) is 1.47. The maximum Gasteiger partial charge on any atom is 0.307 e. The second-order valence-corrected chi connectivity index (χ2v) is 12.3. The number of thiocarbonyl (C=S) groups is 1. The van der Waals surface area contributed by atoms with E-state index in [1.165, 1.54) is 11.0 Å². The molecule has 46 heavy (non-hydrogen) atoms. The topological polar surface area (TPSA) is 108 Å². The minimum Gasteiger partial charge on any atom is -0.492 e. The molecule has 240 valence electrons. The van der Waals surface area contributed by atoms with E-state index in [1.54, 1.807) is 48.5 Å². The van der Waals surface area contributed by atoms with Crippen molar-refractivity contribution in [2.75, 3.05) is 51.3 Å². The monoisotopic (exact) mass is 667 g/mol. The second-order valence-electron chi connectivity index (χ2n) is 10.6. The zero-order valence-electron chi connectivity index (χ0n) is 24.7. The number of aliphatic carboxylic acids is 1. The van der Waals surface area contributed by atoms with Gasteiger partial charge in [-0.25, -0.2) is 8.78 Å². The van der Waals surface area contributed by atoms with E-state index in [1.807, 2.05) is 0 Å². The lowest BCUT2D eigenvalue weighted by Gasteiger charge is -2.26. The lowest BCUT2D eigenvalue weighted by atomic mass is 10.0. The first-order chi connectivity index (χ1) is 22.2. The van der Waals surface area contributed by atoms with Crippen LogP contribution in [-0.2, 0) is 25.5 Å². The fraction of sp³-hybridized carbons (Fsp3) is 0.273. The van der Waals surface area contributed by atoms with Crippen LogP contribution in [-0.4, -0.2) is 83.0 Å². The van der Waals surface area contributed by atoms with Gasteiger partial charge in [0.05, 0.1) is 24.5 Å². The molecule has 2 aliphatic rings. The van der Waals surface area contributed by atoms with Gasteiger partial charge >= 0.3 is 5.97 Å². The predicted molar refractivity (Wildman–Crippen MR) is 175 cm³/mol. The Morgan fingerprint density at radius 3 is 2.61 bits per heavy atom. The molecule has 2 amide bonds. The Balaban J connectivity index is 1.27. The van der Waals surface area contributed by atoms with Gasteiger partial charge in [0.2, 0.25) is 5.91 Å². The zero-order valence-corrected chi connectivity index (χ0v) is 26.3. The van der Waals surface area contributed by atoms with E-state index in [9.17, 15) is 23.2 Å². The quantitative estimate of drug-likeness (QED) is 0.199. The molecule has 0 radical (unpaired) electrons. The van der Waals surface area contributed by atoms with Crippen LogP contribution >= 0.6 is 24.0 Å². The fourth-order valence-electron chi connectivity index (χ4n) is 4.98. The molecule has 0 atom stereocenters. The highest BCUT2D eigenvalue weighted by molar-refractivity contribution is 8.26. The van der Waals surface area contributed by atoms with Crippen LogP contribution in [0.5, 0.6) is 5.75 Å². The highest BCUT2D eigenvalue weighted by atomic mass is 32.2. The van der Waals surface area contributed by atoms with Crippen LogP contribution in [0.15, 0.2) is 65.6 Å². The number of carbonyl (C=O) groups is 3. The van der Waals surface area contributed by atoms with Crippen LogP contribution in [0.1, 0.15) is 17.5 Å². The third-order valence-corrected chi connectivity index (χ3v) is 8.68. The standard InChI is InChI=1S/C33H31F2N3O6S2/c34-26-6-5-23(20-27(26)35)25-17-22(4-7-28(25)44-15-12-37-10-13-43-14-11-37)18-29-32(42)38(33(45)46-29)9-8-30(39)36-24-3-1-2-21(16-24)19-31(40)41/h1-7,16-18,20H,8-15,19H2,(H,36,39)(H,40,41)/b29-18-. The van der Waals surface area contributed by atoms with Crippen LogP contribution in [0.3, 0.4) is 0 Å². The molecule has 3 aromatic carbocycles. The number of ether oxygens (including phenoxy) is 2. The Labute approximate surface area is 274 Å². The van der Waals surface area contributed by atoms with Crippen LogP contribution in [0.25, 0.3) is 17.2 Å². The van der Waals surface area contributed by atoms with E-state index in [2.05, 4.69) is 10.2 Å². The first-order valence-corrected chi connectivity index (χ1v) is 15.8. The number of halogens is 2. The summed E-state index contributed by atoms with van der Waals surface area (Å²) in [5.74, 6) is -3.14. The van der Waals surface area contributed by atoms with Gasteiger partial charge in [-0.3, -0.25) is 24.2 Å². The van der Waals surface area contributed by atoms with E-state index < -0.39 is 17.6 Å². The number of anilines is 1. The summed E-state index contributed by atoms with van der Waals surface area (Å²) in [5, 5.41) is 11.7. The van der Waals surface area contributed by atoms with Crippen LogP contribution in [0.2, 0.25) is 0 Å². The largest absolute Gasteiger partial charge is 0.492 e. The van der Waals surface area contributed by atoms with E-state index in [0.29, 0.717) is 69.3 Å². The predicted octanol–water partition coefficient (Wildman–Crippen LogP) is 5.20. The van der Waals surface area contributed by atoms with Crippen LogP contribution < -0.4 is 10.1 Å². The molecule has 5 rings (SSSR count). The van der Waals surface area contributed by atoms with E-state index >= 15 is 0 Å². The number of benzene rings is 3. The first-order valence-electron chi connectivity index (χ1n) is 14.5. The van der Waals surface area contributed by atoms with Gasteiger partial charge in [-0.05, 0) is 59.2 Å². The van der Waals surface area contributed by atoms with Gasteiger partial charge in [-0.15, -0.1) is 0 Å². The van der Waals surface area contributed by atoms with Crippen molar-refractivity contribution >= 4 is 57.8 Å². The number of hydrogen-bond donors (Lipinski definition) is 2. The first kappa shape index (κ1) is 33.2. The average molecular weight is 668 g/mol. The molecule has 2 fully saturated rings. The van der Waals surface area contributed by atoms with Crippen molar-refractivity contribution in [2.24, 2.45) is 0 Å². The van der Waals surface area contributed by atoms with E-state index in [-0.39, 0.29) is 31.2 Å². The molecule has 3 aromatic rings. The van der Waals surface area contributed by atoms with Crippen LogP contribution in [0.4, 0.5) is 14.5 Å². The summed E-state index contributed by atoms with van der Waals surface area (Å²) in [5.41, 5.74) is 2.59. The number of amides is 2. The number of nitrogens with one attached hydrogen (secondary N) is 1. The number of nitrogens with zero attached hydrogens (tertiary/aromatic N) is 2. The Bertz CT molecular complexity index is 1680. The maximum absolute atomic E-state index is 14.2. The van der Waals surface area contributed by atoms with E-state index in [4.69, 9.17) is 26.8 Å².